The number of likely N-dealkylation sites (N-methyl/N-ethyl adjacent to an activating group) is 1. The number of benzene rings is 3. The number of methoxy groups -OCH3 is 2. The molecule has 15 heteroatoms. The molecular weight excluding hydrogens is 861 g/mol. The van der Waals surface area contributed by atoms with Crippen LogP contribution in [0.3, 0.4) is 0 Å². The van der Waals surface area contributed by atoms with Crippen LogP contribution in [0.25, 0.3) is 10.9 Å². The van der Waals surface area contributed by atoms with E-state index in [1.54, 1.807) is 7.11 Å². The Bertz CT molecular complexity index is 2740. The van der Waals surface area contributed by atoms with Crippen LogP contribution in [-0.2, 0) is 36.3 Å². The first-order valence-corrected chi connectivity index (χ1v) is 23.5. The monoisotopic (exact) mass is 919 g/mol. The number of H-pyrrole nitrogens is 1. The summed E-state index contributed by atoms with van der Waals surface area (Å²) >= 11 is 0. The van der Waals surface area contributed by atoms with Crippen molar-refractivity contribution >= 4 is 34.6 Å². The van der Waals surface area contributed by atoms with E-state index in [1.807, 2.05) is 43.1 Å². The lowest BCUT2D eigenvalue weighted by Gasteiger charge is -2.64. The first kappa shape index (κ1) is 45.0. The van der Waals surface area contributed by atoms with Gasteiger partial charge in [0.05, 0.1) is 26.8 Å². The summed E-state index contributed by atoms with van der Waals surface area (Å²) in [7, 11) is 4.95. The van der Waals surface area contributed by atoms with E-state index in [2.05, 4.69) is 57.4 Å². The fourth-order valence-electron chi connectivity index (χ4n) is 13.9. The lowest BCUT2D eigenvalue weighted by atomic mass is 9.47. The number of aromatic amines is 1. The minimum atomic E-state index is -2.00. The molecule has 10 rings (SSSR count). The number of aromatic nitrogens is 1. The van der Waals surface area contributed by atoms with Gasteiger partial charge in [0.15, 0.2) is 11.6 Å². The van der Waals surface area contributed by atoms with Crippen molar-refractivity contribution in [1.82, 2.24) is 20.1 Å². The largest absolute Gasteiger partial charge is 0.496 e. The van der Waals surface area contributed by atoms with Crippen molar-refractivity contribution in [1.29, 1.82) is 0 Å². The van der Waals surface area contributed by atoms with Gasteiger partial charge in [0, 0.05) is 97.0 Å². The van der Waals surface area contributed by atoms with Gasteiger partial charge in [-0.25, -0.2) is 13.6 Å². The van der Waals surface area contributed by atoms with Crippen molar-refractivity contribution < 1.29 is 47.2 Å². The Morgan fingerprint density at radius 2 is 1.81 bits per heavy atom. The number of ether oxygens (including phenoxy) is 4. The van der Waals surface area contributed by atoms with E-state index in [0.29, 0.717) is 50.1 Å². The molecule has 2 bridgehead atoms. The smallest absolute Gasteiger partial charge is 0.412 e. The maximum absolute atomic E-state index is 15.4. The molecule has 67 heavy (non-hydrogen) atoms. The lowest BCUT2D eigenvalue weighted by Crippen LogP contribution is -2.81. The number of anilines is 1. The second kappa shape index (κ2) is 16.5. The number of nitrogens with one attached hydrogen (secondary N) is 2. The molecule has 4 aromatic rings. The van der Waals surface area contributed by atoms with Gasteiger partial charge in [0.1, 0.15) is 28.6 Å². The number of hydrogen-bond donors (Lipinski definition) is 3. The minimum absolute atomic E-state index is 0.0219. The predicted molar refractivity (Wildman–Crippen MR) is 247 cm³/mol. The zero-order chi connectivity index (χ0) is 47.2. The zero-order valence-electron chi connectivity index (χ0n) is 38.9. The van der Waals surface area contributed by atoms with Crippen molar-refractivity contribution in [2.75, 3.05) is 65.4 Å². The highest BCUT2D eigenvalue weighted by molar-refractivity contribution is 5.94. The Morgan fingerprint density at radius 3 is 2.54 bits per heavy atom. The van der Waals surface area contributed by atoms with Crippen LogP contribution in [0.5, 0.6) is 11.5 Å². The number of para-hydroxylation sites is 1. The van der Waals surface area contributed by atoms with Gasteiger partial charge in [-0.15, -0.1) is 0 Å². The van der Waals surface area contributed by atoms with Crippen LogP contribution in [0, 0.1) is 23.0 Å². The molecule has 1 aliphatic carbocycles. The quantitative estimate of drug-likeness (QED) is 0.122. The van der Waals surface area contributed by atoms with Gasteiger partial charge < -0.3 is 39.3 Å². The summed E-state index contributed by atoms with van der Waals surface area (Å²) in [5.74, 6) is -3.09. The maximum Gasteiger partial charge on any atom is 0.412 e. The fourth-order valence-corrected chi connectivity index (χ4v) is 13.9. The molecule has 1 amide bonds. The number of aliphatic hydroxyl groups is 1. The van der Waals surface area contributed by atoms with Crippen LogP contribution in [0.2, 0.25) is 0 Å². The number of carbonyl (C=O) groups excluding carboxylic acids is 3. The summed E-state index contributed by atoms with van der Waals surface area (Å²) in [5.41, 5.74) is 1.11. The van der Waals surface area contributed by atoms with Crippen molar-refractivity contribution in [2.45, 2.75) is 87.5 Å². The molecule has 13 nitrogen and oxygen atoms in total. The van der Waals surface area contributed by atoms with E-state index >= 15 is 4.79 Å². The molecule has 3 aromatic carbocycles. The van der Waals surface area contributed by atoms with Gasteiger partial charge in [0.2, 0.25) is 0 Å². The molecule has 3 N–H and O–H groups in total. The molecule has 354 valence electrons. The van der Waals surface area contributed by atoms with Crippen LogP contribution < -0.4 is 19.7 Å². The number of halogens is 2. The number of fused-ring (bicyclic) bond motifs is 6. The first-order chi connectivity index (χ1) is 32.2. The number of esters is 2. The molecule has 6 heterocycles. The highest BCUT2D eigenvalue weighted by Gasteiger charge is 2.78. The van der Waals surface area contributed by atoms with Crippen molar-refractivity contribution in [3.05, 3.63) is 112 Å². The van der Waals surface area contributed by atoms with Crippen LogP contribution >= 0.6 is 0 Å². The number of nitrogens with zero attached hydrogens (tertiary/aromatic N) is 3. The normalized spacial score (nSPS) is 31.6. The third-order valence-corrected chi connectivity index (χ3v) is 16.3. The number of hydrogen-bond acceptors (Lipinski definition) is 11. The molecule has 2 fully saturated rings. The Hall–Kier alpha value is -5.77. The molecule has 2 unspecified atom stereocenters. The second-order valence-electron chi connectivity index (χ2n) is 19.5. The van der Waals surface area contributed by atoms with E-state index < -0.39 is 70.2 Å². The topological polar surface area (TPSA) is 146 Å². The van der Waals surface area contributed by atoms with Crippen LogP contribution in [-0.4, -0.2) is 122 Å². The minimum Gasteiger partial charge on any atom is -0.496 e. The zero-order valence-corrected chi connectivity index (χ0v) is 38.9. The average molecular weight is 920 g/mol. The van der Waals surface area contributed by atoms with Gasteiger partial charge in [0.25, 0.3) is 0 Å². The van der Waals surface area contributed by atoms with E-state index in [1.165, 1.54) is 19.6 Å². The predicted octanol–water partition coefficient (Wildman–Crippen LogP) is 6.69. The third-order valence-electron chi connectivity index (χ3n) is 16.3. The van der Waals surface area contributed by atoms with Gasteiger partial charge in [-0.05, 0) is 80.0 Å². The Morgan fingerprint density at radius 1 is 1.00 bits per heavy atom. The molecular formula is C52H59F2N5O8. The molecule has 1 spiro atoms. The van der Waals surface area contributed by atoms with Crippen LogP contribution in [0.15, 0.2) is 78.4 Å². The SMILES string of the molecule is CCC1=C[C@@H]2CN(CCc3c([nH]c4ccccc34)[C@@](C(=O)OC)(c3cc4c(cc3OC)N(C)[C@H]3C(O)(CNC(=O)Oc5ccc(F)c(F)c5)[C@H](OC(C)=O)[C@]5(CC)C=CCN6CC[C@]43[C@@H]65)C2)C1. The van der Waals surface area contributed by atoms with Crippen molar-refractivity contribution in [3.63, 3.8) is 0 Å². The van der Waals surface area contributed by atoms with E-state index in [9.17, 15) is 23.5 Å². The fraction of sp³-hybridized carbons (Fsp3) is 0.481. The summed E-state index contributed by atoms with van der Waals surface area (Å²) < 4.78 is 52.2. The van der Waals surface area contributed by atoms with Crippen molar-refractivity contribution in [3.8, 4) is 11.5 Å². The second-order valence-corrected chi connectivity index (χ2v) is 19.5. The van der Waals surface area contributed by atoms with E-state index in [0.717, 1.165) is 77.7 Å². The number of carbonyl (C=O) groups is 3. The average Bonchev–Trinajstić information content (AvgIpc) is 3.99. The van der Waals surface area contributed by atoms with Gasteiger partial charge in [-0.1, -0.05) is 55.8 Å². The molecule has 6 aliphatic rings. The van der Waals surface area contributed by atoms with Crippen LogP contribution in [0.4, 0.5) is 19.3 Å². The van der Waals surface area contributed by atoms with Crippen molar-refractivity contribution in [2.24, 2.45) is 11.3 Å². The highest BCUT2D eigenvalue weighted by Crippen LogP contribution is 2.68. The molecule has 9 atom stereocenters. The van der Waals surface area contributed by atoms with Crippen LogP contribution in [0.1, 0.15) is 68.8 Å². The summed E-state index contributed by atoms with van der Waals surface area (Å²) in [6, 6.07) is 13.9. The number of amides is 1. The lowest BCUT2D eigenvalue weighted by molar-refractivity contribution is -0.216. The maximum atomic E-state index is 15.4. The standard InChI is InChI=1S/C52H59F2N5O8/c1-7-31-22-32-26-51(47(61)65-6,43-35(16-20-58(27-31)28-32)34-12-9-10-13-40(34)56-43)37-24-36-41(25-42(37)64-5)57(4)45-50(36)18-21-59-19-11-17-49(8-2,44(50)59)46(66-30(3)60)52(45,63)29-55-48(62)67-33-14-15-38(53)39(54)23-33/h9-15,17,22-25,32,44-46,56,63H,7-8,16,18-21,26-29H2,1-6H3,(H,55,62)/t32-,44-,45+,46+,49+,50+,51-,52?/m0/s1. The summed E-state index contributed by atoms with van der Waals surface area (Å²) in [6.07, 6.45) is 7.30. The van der Waals surface area contributed by atoms with Gasteiger partial charge in [-0.3, -0.25) is 19.4 Å². The summed E-state index contributed by atoms with van der Waals surface area (Å²) in [4.78, 5) is 53.1. The molecule has 1 aromatic heterocycles. The molecule has 1 saturated carbocycles. The van der Waals surface area contributed by atoms with E-state index in [-0.39, 0.29) is 17.7 Å². The summed E-state index contributed by atoms with van der Waals surface area (Å²) in [5, 5.41) is 17.6. The summed E-state index contributed by atoms with van der Waals surface area (Å²) in [6.45, 7) is 8.79. The Labute approximate surface area is 389 Å². The Kier molecular flexibility index (Phi) is 11.1. The van der Waals surface area contributed by atoms with E-state index in [4.69, 9.17) is 18.9 Å². The van der Waals surface area contributed by atoms with Gasteiger partial charge >= 0.3 is 18.0 Å². The Balaban J connectivity index is 1.20. The molecule has 0 radical (unpaired) electrons. The molecule has 1 saturated heterocycles. The first-order valence-electron chi connectivity index (χ1n) is 23.5. The highest BCUT2D eigenvalue weighted by atomic mass is 19.2. The molecule has 5 aliphatic heterocycles. The number of rotatable bonds is 9. The third kappa shape index (κ3) is 6.58. The van der Waals surface area contributed by atoms with Gasteiger partial charge in [-0.2, -0.15) is 0 Å².